The summed E-state index contributed by atoms with van der Waals surface area (Å²) >= 11 is 0. The topological polar surface area (TPSA) is 49.2 Å². The van der Waals surface area contributed by atoms with Gasteiger partial charge >= 0.3 is 0 Å². The maximum atomic E-state index is 9.05. The lowest BCUT2D eigenvalue weighted by molar-refractivity contribution is 0.280. The van der Waals surface area contributed by atoms with Gasteiger partial charge in [-0.2, -0.15) is 0 Å². The Morgan fingerprint density at radius 2 is 2.25 bits per heavy atom. The van der Waals surface area contributed by atoms with Crippen molar-refractivity contribution in [2.24, 2.45) is 0 Å². The average Bonchev–Trinajstić information content (AvgIpc) is 2.30. The van der Waals surface area contributed by atoms with E-state index in [0.29, 0.717) is 0 Å². The van der Waals surface area contributed by atoms with Crippen LogP contribution in [0, 0.1) is 6.92 Å². The van der Waals surface area contributed by atoms with E-state index in [1.807, 2.05) is 6.92 Å². The van der Waals surface area contributed by atoms with Crippen LogP contribution in [0.25, 0.3) is 0 Å². The van der Waals surface area contributed by atoms with E-state index in [0.717, 1.165) is 36.7 Å². The fraction of sp³-hybridized carbons (Fsp3) is 0.500. The molecule has 0 amide bonds. The van der Waals surface area contributed by atoms with Crippen molar-refractivity contribution in [3.05, 3.63) is 29.1 Å². The minimum Gasteiger partial charge on any atom is -0.392 e. The number of hydrogen-bond acceptors (Lipinski definition) is 4. The Bertz CT molecular complexity index is 415. The second kappa shape index (κ2) is 4.61. The molecule has 0 bridgehead atoms. The summed E-state index contributed by atoms with van der Waals surface area (Å²) in [4.78, 5) is 10.9. The Labute approximate surface area is 95.6 Å². The highest BCUT2D eigenvalue weighted by Gasteiger charge is 2.13. The van der Waals surface area contributed by atoms with Crippen LogP contribution in [0.3, 0.4) is 0 Å². The van der Waals surface area contributed by atoms with Gasteiger partial charge in [0, 0.05) is 30.5 Å². The number of aliphatic hydroxyl groups excluding tert-OH is 1. The molecular formula is C12H17N3O. The molecule has 1 aliphatic heterocycles. The van der Waals surface area contributed by atoms with Crippen LogP contribution in [-0.4, -0.2) is 28.2 Å². The smallest absolute Gasteiger partial charge is 0.225 e. The van der Waals surface area contributed by atoms with Gasteiger partial charge < -0.3 is 10.0 Å². The van der Waals surface area contributed by atoms with Crippen molar-refractivity contribution in [2.75, 3.05) is 18.0 Å². The quantitative estimate of drug-likeness (QED) is 0.764. The van der Waals surface area contributed by atoms with E-state index >= 15 is 0 Å². The molecule has 0 saturated heterocycles. The van der Waals surface area contributed by atoms with E-state index in [9.17, 15) is 0 Å². The highest BCUT2D eigenvalue weighted by molar-refractivity contribution is 5.35. The number of rotatable bonds is 2. The van der Waals surface area contributed by atoms with Gasteiger partial charge in [0.15, 0.2) is 0 Å². The van der Waals surface area contributed by atoms with Crippen molar-refractivity contribution in [1.82, 2.24) is 9.97 Å². The molecule has 2 rings (SSSR count). The molecule has 4 nitrogen and oxygen atoms in total. The highest BCUT2D eigenvalue weighted by Crippen LogP contribution is 2.16. The predicted octanol–water partition coefficient (Wildman–Crippen LogP) is 1.43. The van der Waals surface area contributed by atoms with Crippen LogP contribution < -0.4 is 4.90 Å². The maximum Gasteiger partial charge on any atom is 0.225 e. The average molecular weight is 219 g/mol. The van der Waals surface area contributed by atoms with Crippen LogP contribution >= 0.6 is 0 Å². The number of aliphatic hydroxyl groups is 1. The van der Waals surface area contributed by atoms with Crippen molar-refractivity contribution in [2.45, 2.75) is 26.9 Å². The fourth-order valence-electron chi connectivity index (χ4n) is 1.74. The molecule has 0 aliphatic carbocycles. The SMILES string of the molecule is CC1=CCN(c2ncc(CO)c(C)n2)CC1. The van der Waals surface area contributed by atoms with Crippen molar-refractivity contribution >= 4 is 5.95 Å². The number of hydrogen-bond donors (Lipinski definition) is 1. The highest BCUT2D eigenvalue weighted by atomic mass is 16.3. The molecule has 1 aliphatic rings. The summed E-state index contributed by atoms with van der Waals surface area (Å²) in [5.74, 6) is 0.762. The molecule has 1 aromatic heterocycles. The van der Waals surface area contributed by atoms with Gasteiger partial charge in [-0.1, -0.05) is 11.6 Å². The summed E-state index contributed by atoms with van der Waals surface area (Å²) in [6.07, 6.45) is 5.00. The Balaban J connectivity index is 2.19. The molecule has 0 aromatic carbocycles. The molecule has 2 heterocycles. The third-order valence-electron chi connectivity index (χ3n) is 2.96. The normalized spacial score (nSPS) is 16.2. The second-order valence-corrected chi connectivity index (χ2v) is 4.19. The molecule has 0 atom stereocenters. The molecule has 1 N–H and O–H groups in total. The first-order chi connectivity index (χ1) is 7.70. The second-order valence-electron chi connectivity index (χ2n) is 4.19. The first-order valence-electron chi connectivity index (χ1n) is 5.54. The van der Waals surface area contributed by atoms with Crippen LogP contribution in [0.5, 0.6) is 0 Å². The first kappa shape index (κ1) is 11.1. The molecule has 4 heteroatoms. The maximum absolute atomic E-state index is 9.05. The Hall–Kier alpha value is -1.42. The predicted molar refractivity (Wildman–Crippen MR) is 63.3 cm³/mol. The number of anilines is 1. The van der Waals surface area contributed by atoms with Crippen molar-refractivity contribution < 1.29 is 5.11 Å². The number of aryl methyl sites for hydroxylation is 1. The summed E-state index contributed by atoms with van der Waals surface area (Å²) in [5.41, 5.74) is 3.09. The lowest BCUT2D eigenvalue weighted by Gasteiger charge is -2.25. The van der Waals surface area contributed by atoms with E-state index in [1.165, 1.54) is 5.57 Å². The van der Waals surface area contributed by atoms with E-state index < -0.39 is 0 Å². The van der Waals surface area contributed by atoms with E-state index in [1.54, 1.807) is 6.20 Å². The molecule has 0 fully saturated rings. The number of nitrogens with zero attached hydrogens (tertiary/aromatic N) is 3. The Morgan fingerprint density at radius 1 is 1.44 bits per heavy atom. The van der Waals surface area contributed by atoms with Crippen LogP contribution in [0.2, 0.25) is 0 Å². The van der Waals surface area contributed by atoms with Gasteiger partial charge in [-0.25, -0.2) is 9.97 Å². The molecule has 86 valence electrons. The van der Waals surface area contributed by atoms with Gasteiger partial charge in [-0.3, -0.25) is 0 Å². The minimum absolute atomic E-state index is 0.00508. The van der Waals surface area contributed by atoms with Crippen LogP contribution in [0.4, 0.5) is 5.95 Å². The lowest BCUT2D eigenvalue weighted by Crippen LogP contribution is -2.30. The minimum atomic E-state index is 0.00508. The van der Waals surface area contributed by atoms with Gasteiger partial charge in [0.1, 0.15) is 0 Å². The molecule has 1 aromatic rings. The monoisotopic (exact) mass is 219 g/mol. The van der Waals surface area contributed by atoms with Gasteiger partial charge in [-0.15, -0.1) is 0 Å². The molecule has 16 heavy (non-hydrogen) atoms. The van der Waals surface area contributed by atoms with Gasteiger partial charge in [0.2, 0.25) is 5.95 Å². The van der Waals surface area contributed by atoms with E-state index in [4.69, 9.17) is 5.11 Å². The van der Waals surface area contributed by atoms with E-state index in [2.05, 4.69) is 27.9 Å². The summed E-state index contributed by atoms with van der Waals surface area (Å²) < 4.78 is 0. The first-order valence-corrected chi connectivity index (χ1v) is 5.54. The summed E-state index contributed by atoms with van der Waals surface area (Å²) in [5, 5.41) is 9.05. The molecule has 0 saturated carbocycles. The lowest BCUT2D eigenvalue weighted by atomic mass is 10.1. The summed E-state index contributed by atoms with van der Waals surface area (Å²) in [6.45, 7) is 5.91. The van der Waals surface area contributed by atoms with Crippen molar-refractivity contribution in [3.8, 4) is 0 Å². The zero-order valence-electron chi connectivity index (χ0n) is 9.77. The Morgan fingerprint density at radius 3 is 2.81 bits per heavy atom. The number of aromatic nitrogens is 2. The Kier molecular flexibility index (Phi) is 3.19. The molecule has 0 radical (unpaired) electrons. The van der Waals surface area contributed by atoms with Gasteiger partial charge in [-0.05, 0) is 20.3 Å². The van der Waals surface area contributed by atoms with Gasteiger partial charge in [0.25, 0.3) is 0 Å². The van der Waals surface area contributed by atoms with Crippen molar-refractivity contribution in [1.29, 1.82) is 0 Å². The zero-order valence-corrected chi connectivity index (χ0v) is 9.77. The fourth-order valence-corrected chi connectivity index (χ4v) is 1.74. The van der Waals surface area contributed by atoms with Gasteiger partial charge in [0.05, 0.1) is 6.61 Å². The van der Waals surface area contributed by atoms with Crippen LogP contribution in [-0.2, 0) is 6.61 Å². The third kappa shape index (κ3) is 2.22. The molecular weight excluding hydrogens is 202 g/mol. The summed E-state index contributed by atoms with van der Waals surface area (Å²) in [6, 6.07) is 0. The largest absolute Gasteiger partial charge is 0.392 e. The molecule has 0 unspecified atom stereocenters. The van der Waals surface area contributed by atoms with E-state index in [-0.39, 0.29) is 6.61 Å². The van der Waals surface area contributed by atoms with Crippen molar-refractivity contribution in [3.63, 3.8) is 0 Å². The third-order valence-corrected chi connectivity index (χ3v) is 2.96. The zero-order chi connectivity index (χ0) is 11.5. The van der Waals surface area contributed by atoms with Crippen LogP contribution in [0.1, 0.15) is 24.6 Å². The standard InChI is InChI=1S/C12H17N3O/c1-9-3-5-15(6-4-9)12-13-7-11(8-16)10(2)14-12/h3,7,16H,4-6,8H2,1-2H3. The summed E-state index contributed by atoms with van der Waals surface area (Å²) in [7, 11) is 0. The molecule has 0 spiro atoms. The van der Waals surface area contributed by atoms with Crippen LogP contribution in [0.15, 0.2) is 17.8 Å².